The lowest BCUT2D eigenvalue weighted by atomic mass is 10.4. The third-order valence-corrected chi connectivity index (χ3v) is 2.93. The Balaban J connectivity index is 2.33. The average Bonchev–Trinajstić information content (AvgIpc) is 2.66. The molecule has 0 fully saturated rings. The maximum Gasteiger partial charge on any atom is 0.158 e. The van der Waals surface area contributed by atoms with Crippen LogP contribution in [0, 0.1) is 25.2 Å². The van der Waals surface area contributed by atoms with Crippen LogP contribution in [0.1, 0.15) is 11.4 Å². The smallest absolute Gasteiger partial charge is 0.158 e. The van der Waals surface area contributed by atoms with Crippen LogP contribution in [0.4, 0.5) is 0 Å². The van der Waals surface area contributed by atoms with Gasteiger partial charge in [-0.3, -0.25) is 0 Å². The summed E-state index contributed by atoms with van der Waals surface area (Å²) in [6, 6.07) is 5.90. The van der Waals surface area contributed by atoms with Crippen molar-refractivity contribution in [3.63, 3.8) is 0 Å². The Hall–Kier alpha value is -1.87. The van der Waals surface area contributed by atoms with Gasteiger partial charge >= 0.3 is 0 Å². The van der Waals surface area contributed by atoms with E-state index in [0.29, 0.717) is 5.75 Å². The molecule has 86 valence electrons. The van der Waals surface area contributed by atoms with Crippen LogP contribution in [-0.2, 0) is 0 Å². The second-order valence-corrected chi connectivity index (χ2v) is 4.50. The summed E-state index contributed by atoms with van der Waals surface area (Å²) >= 11 is 1.39. The quantitative estimate of drug-likeness (QED) is 0.610. The second-order valence-electron chi connectivity index (χ2n) is 3.50. The van der Waals surface area contributed by atoms with E-state index in [4.69, 9.17) is 5.26 Å². The minimum absolute atomic E-state index is 0.383. The number of aromatic nitrogens is 4. The monoisotopic (exact) mass is 245 g/mol. The molecule has 0 aromatic carbocycles. The summed E-state index contributed by atoms with van der Waals surface area (Å²) in [4.78, 5) is 8.28. The number of hydrogen-bond donors (Lipinski definition) is 0. The maximum absolute atomic E-state index is 8.53. The zero-order chi connectivity index (χ0) is 12.3. The van der Waals surface area contributed by atoms with Crippen molar-refractivity contribution in [3.05, 3.63) is 29.8 Å². The SMILES string of the molecule is Cc1cc(C)n(-c2cc(SCC#N)ncn2)n1. The van der Waals surface area contributed by atoms with Gasteiger partial charge in [0.1, 0.15) is 11.4 Å². The molecule has 0 radical (unpaired) electrons. The minimum atomic E-state index is 0.383. The first-order valence-corrected chi connectivity index (χ1v) is 6.04. The Bertz CT molecular complexity index is 569. The van der Waals surface area contributed by atoms with Crippen LogP contribution in [0.15, 0.2) is 23.5 Å². The molecule has 0 saturated carbocycles. The van der Waals surface area contributed by atoms with Gasteiger partial charge in [0, 0.05) is 11.8 Å². The zero-order valence-electron chi connectivity index (χ0n) is 9.58. The molecule has 5 nitrogen and oxygen atoms in total. The van der Waals surface area contributed by atoms with E-state index in [0.717, 1.165) is 22.2 Å². The van der Waals surface area contributed by atoms with Crippen molar-refractivity contribution in [3.8, 4) is 11.9 Å². The third-order valence-electron chi connectivity index (χ3n) is 2.14. The van der Waals surface area contributed by atoms with E-state index >= 15 is 0 Å². The van der Waals surface area contributed by atoms with Gasteiger partial charge in [0.25, 0.3) is 0 Å². The Morgan fingerprint density at radius 2 is 2.18 bits per heavy atom. The van der Waals surface area contributed by atoms with Crippen LogP contribution < -0.4 is 0 Å². The Morgan fingerprint density at radius 3 is 2.82 bits per heavy atom. The van der Waals surface area contributed by atoms with Crippen LogP contribution >= 0.6 is 11.8 Å². The molecule has 0 unspecified atom stereocenters. The van der Waals surface area contributed by atoms with Gasteiger partial charge in [-0.05, 0) is 19.9 Å². The van der Waals surface area contributed by atoms with Crippen molar-refractivity contribution in [2.45, 2.75) is 18.9 Å². The fourth-order valence-electron chi connectivity index (χ4n) is 1.49. The molecular weight excluding hydrogens is 234 g/mol. The number of rotatable bonds is 3. The minimum Gasteiger partial charge on any atom is -0.230 e. The number of nitrogens with zero attached hydrogens (tertiary/aromatic N) is 5. The first-order chi connectivity index (χ1) is 8.20. The van der Waals surface area contributed by atoms with Crippen molar-refractivity contribution in [1.29, 1.82) is 5.26 Å². The Morgan fingerprint density at radius 1 is 1.35 bits per heavy atom. The molecule has 0 spiro atoms. The summed E-state index contributed by atoms with van der Waals surface area (Å²) in [6.45, 7) is 3.92. The van der Waals surface area contributed by atoms with Gasteiger partial charge in [-0.25, -0.2) is 14.6 Å². The average molecular weight is 245 g/mol. The molecule has 2 aromatic rings. The summed E-state index contributed by atoms with van der Waals surface area (Å²) in [5, 5.41) is 13.7. The highest BCUT2D eigenvalue weighted by Gasteiger charge is 2.06. The summed E-state index contributed by atoms with van der Waals surface area (Å²) in [5.74, 6) is 1.11. The predicted molar refractivity (Wildman–Crippen MR) is 65.0 cm³/mol. The highest BCUT2D eigenvalue weighted by atomic mass is 32.2. The lowest BCUT2D eigenvalue weighted by Gasteiger charge is -2.03. The molecule has 2 heterocycles. The molecule has 0 saturated heterocycles. The molecule has 0 N–H and O–H groups in total. The van der Waals surface area contributed by atoms with Crippen molar-refractivity contribution < 1.29 is 0 Å². The highest BCUT2D eigenvalue weighted by molar-refractivity contribution is 7.99. The number of nitriles is 1. The molecule has 17 heavy (non-hydrogen) atoms. The Labute approximate surface area is 104 Å². The van der Waals surface area contributed by atoms with Crippen molar-refractivity contribution >= 4 is 11.8 Å². The largest absolute Gasteiger partial charge is 0.230 e. The maximum atomic E-state index is 8.53. The van der Waals surface area contributed by atoms with E-state index in [2.05, 4.69) is 21.1 Å². The first kappa shape index (κ1) is 11.6. The summed E-state index contributed by atoms with van der Waals surface area (Å²) < 4.78 is 1.77. The zero-order valence-corrected chi connectivity index (χ0v) is 10.4. The van der Waals surface area contributed by atoms with E-state index < -0.39 is 0 Å². The van der Waals surface area contributed by atoms with Crippen LogP contribution in [0.5, 0.6) is 0 Å². The van der Waals surface area contributed by atoms with E-state index in [1.165, 1.54) is 18.1 Å². The predicted octanol–water partition coefficient (Wildman–Crippen LogP) is 1.89. The summed E-state index contributed by atoms with van der Waals surface area (Å²) in [7, 11) is 0. The van der Waals surface area contributed by atoms with Crippen LogP contribution in [-0.4, -0.2) is 25.5 Å². The summed E-state index contributed by atoms with van der Waals surface area (Å²) in [6.07, 6.45) is 1.49. The van der Waals surface area contributed by atoms with Gasteiger partial charge in [-0.1, -0.05) is 11.8 Å². The molecule has 0 amide bonds. The number of aryl methyl sites for hydroxylation is 2. The van der Waals surface area contributed by atoms with Gasteiger partial charge in [0.2, 0.25) is 0 Å². The van der Waals surface area contributed by atoms with Crippen LogP contribution in [0.25, 0.3) is 5.82 Å². The lowest BCUT2D eigenvalue weighted by Crippen LogP contribution is -2.02. The fraction of sp³-hybridized carbons (Fsp3) is 0.273. The third kappa shape index (κ3) is 2.63. The van der Waals surface area contributed by atoms with E-state index in [-0.39, 0.29) is 0 Å². The molecule has 2 aromatic heterocycles. The molecule has 0 aliphatic rings. The fourth-order valence-corrected chi connectivity index (χ4v) is 2.01. The summed E-state index contributed by atoms with van der Waals surface area (Å²) in [5.41, 5.74) is 1.98. The van der Waals surface area contributed by atoms with Gasteiger partial charge in [-0.2, -0.15) is 10.4 Å². The molecule has 0 atom stereocenters. The standard InChI is InChI=1S/C11H11N5S/c1-8-5-9(2)16(15-8)10-6-11(14-7-13-10)17-4-3-12/h5-7H,4H2,1-2H3. The van der Waals surface area contributed by atoms with Crippen molar-refractivity contribution in [2.24, 2.45) is 0 Å². The Kier molecular flexibility index (Phi) is 3.40. The van der Waals surface area contributed by atoms with Gasteiger partial charge < -0.3 is 0 Å². The molecule has 0 bridgehead atoms. The second kappa shape index (κ2) is 4.97. The van der Waals surface area contributed by atoms with Crippen LogP contribution in [0.3, 0.4) is 0 Å². The van der Waals surface area contributed by atoms with Crippen molar-refractivity contribution in [1.82, 2.24) is 19.7 Å². The highest BCUT2D eigenvalue weighted by Crippen LogP contribution is 2.17. The first-order valence-electron chi connectivity index (χ1n) is 5.06. The molecule has 2 rings (SSSR count). The normalized spacial score (nSPS) is 10.2. The van der Waals surface area contributed by atoms with E-state index in [1.807, 2.05) is 26.0 Å². The van der Waals surface area contributed by atoms with Gasteiger partial charge in [-0.15, -0.1) is 0 Å². The number of thioether (sulfide) groups is 1. The van der Waals surface area contributed by atoms with Gasteiger partial charge in [0.05, 0.1) is 17.5 Å². The molecule has 0 aliphatic carbocycles. The van der Waals surface area contributed by atoms with Gasteiger partial charge in [0.15, 0.2) is 5.82 Å². The lowest BCUT2D eigenvalue weighted by molar-refractivity contribution is 0.791. The number of hydrogen-bond acceptors (Lipinski definition) is 5. The molecule has 0 aliphatic heterocycles. The molecular formula is C11H11N5S. The van der Waals surface area contributed by atoms with Crippen molar-refractivity contribution in [2.75, 3.05) is 5.75 Å². The van der Waals surface area contributed by atoms with E-state index in [1.54, 1.807) is 4.68 Å². The topological polar surface area (TPSA) is 67.4 Å². The molecule has 6 heteroatoms. The van der Waals surface area contributed by atoms with Crippen LogP contribution in [0.2, 0.25) is 0 Å². The van der Waals surface area contributed by atoms with E-state index in [9.17, 15) is 0 Å².